The van der Waals surface area contributed by atoms with E-state index in [1.165, 1.54) is 24.3 Å². The van der Waals surface area contributed by atoms with E-state index in [1.807, 2.05) is 0 Å². The van der Waals surface area contributed by atoms with Gasteiger partial charge in [0.2, 0.25) is 0 Å². The minimum absolute atomic E-state index is 0.346. The highest BCUT2D eigenvalue weighted by molar-refractivity contribution is 7.80. The summed E-state index contributed by atoms with van der Waals surface area (Å²) in [6, 6.07) is 10.3. The summed E-state index contributed by atoms with van der Waals surface area (Å²) >= 11 is 5.28. The lowest BCUT2D eigenvalue weighted by Crippen LogP contribution is -2.45. The molecule has 8 heteroatoms. The van der Waals surface area contributed by atoms with Gasteiger partial charge in [-0.25, -0.2) is 4.39 Å². The fraction of sp³-hybridized carbons (Fsp3) is 0.200. The molecule has 0 saturated heterocycles. The van der Waals surface area contributed by atoms with Crippen LogP contribution in [0.2, 0.25) is 0 Å². The van der Waals surface area contributed by atoms with E-state index in [9.17, 15) is 9.18 Å². The number of thiocarbonyl (C=S) groups is 1. The average molecular weight is 401 g/mol. The third-order valence-corrected chi connectivity index (χ3v) is 4.58. The van der Waals surface area contributed by atoms with E-state index in [0.717, 1.165) is 0 Å². The zero-order valence-corrected chi connectivity index (χ0v) is 16.4. The Labute approximate surface area is 167 Å². The molecule has 1 aliphatic rings. The fourth-order valence-corrected chi connectivity index (χ4v) is 3.30. The summed E-state index contributed by atoms with van der Waals surface area (Å²) in [5.41, 5.74) is 2.23. The normalized spacial score (nSPS) is 16.1. The molecule has 3 rings (SSSR count). The van der Waals surface area contributed by atoms with Gasteiger partial charge in [-0.1, -0.05) is 0 Å². The van der Waals surface area contributed by atoms with Gasteiger partial charge in [-0.2, -0.15) is 0 Å². The molecular formula is C20H20FN3O3S. The molecule has 0 unspecified atom stereocenters. The number of halogens is 1. The lowest BCUT2D eigenvalue weighted by atomic mass is 9.94. The van der Waals surface area contributed by atoms with Crippen LogP contribution in [0.25, 0.3) is 0 Å². The number of allylic oxidation sites excluding steroid dienone is 1. The van der Waals surface area contributed by atoms with E-state index < -0.39 is 6.04 Å². The maximum absolute atomic E-state index is 13.1. The summed E-state index contributed by atoms with van der Waals surface area (Å²) in [4.78, 5) is 13.0. The number of carbonyl (C=O) groups excluding carboxylic acids is 1. The van der Waals surface area contributed by atoms with E-state index in [2.05, 4.69) is 16.0 Å². The average Bonchev–Trinajstić information content (AvgIpc) is 2.68. The van der Waals surface area contributed by atoms with Crippen molar-refractivity contribution in [2.45, 2.75) is 13.0 Å². The smallest absolute Gasteiger partial charge is 0.255 e. The number of anilines is 1. The van der Waals surface area contributed by atoms with Crippen molar-refractivity contribution < 1.29 is 18.7 Å². The highest BCUT2D eigenvalue weighted by atomic mass is 32.1. The molecule has 2 aromatic carbocycles. The second-order valence-electron chi connectivity index (χ2n) is 6.14. The molecule has 28 heavy (non-hydrogen) atoms. The molecule has 0 radical (unpaired) electrons. The first-order valence-electron chi connectivity index (χ1n) is 8.50. The van der Waals surface area contributed by atoms with Crippen molar-refractivity contribution in [3.63, 3.8) is 0 Å². The number of rotatable bonds is 5. The van der Waals surface area contributed by atoms with Crippen LogP contribution < -0.4 is 25.4 Å². The maximum Gasteiger partial charge on any atom is 0.255 e. The van der Waals surface area contributed by atoms with E-state index in [0.29, 0.717) is 39.1 Å². The Morgan fingerprint density at radius 1 is 1.14 bits per heavy atom. The molecule has 3 N–H and O–H groups in total. The molecule has 1 aliphatic heterocycles. The van der Waals surface area contributed by atoms with Crippen molar-refractivity contribution in [2.75, 3.05) is 19.5 Å². The fourth-order valence-electron chi connectivity index (χ4n) is 3.02. The van der Waals surface area contributed by atoms with E-state index >= 15 is 0 Å². The molecular weight excluding hydrogens is 381 g/mol. The van der Waals surface area contributed by atoms with Crippen molar-refractivity contribution in [1.82, 2.24) is 10.6 Å². The second kappa shape index (κ2) is 8.26. The summed E-state index contributed by atoms with van der Waals surface area (Å²) in [5.74, 6) is 0.487. The van der Waals surface area contributed by atoms with Crippen LogP contribution >= 0.6 is 12.2 Å². The van der Waals surface area contributed by atoms with Crippen LogP contribution in [0.1, 0.15) is 18.5 Å². The predicted molar refractivity (Wildman–Crippen MR) is 109 cm³/mol. The first kappa shape index (κ1) is 19.6. The highest BCUT2D eigenvalue weighted by Gasteiger charge is 2.32. The number of carbonyl (C=O) groups is 1. The Hall–Kier alpha value is -3.13. The lowest BCUT2D eigenvalue weighted by molar-refractivity contribution is -0.113. The number of ether oxygens (including phenoxy) is 2. The molecule has 0 aromatic heterocycles. The van der Waals surface area contributed by atoms with Gasteiger partial charge in [0.25, 0.3) is 5.91 Å². The molecule has 0 fully saturated rings. The van der Waals surface area contributed by atoms with Gasteiger partial charge in [0.05, 0.1) is 25.8 Å². The van der Waals surface area contributed by atoms with E-state index in [-0.39, 0.29) is 11.7 Å². The molecule has 6 nitrogen and oxygen atoms in total. The van der Waals surface area contributed by atoms with Crippen LogP contribution in [0.3, 0.4) is 0 Å². The number of methoxy groups -OCH3 is 2. The van der Waals surface area contributed by atoms with E-state index in [1.54, 1.807) is 39.3 Å². The zero-order chi connectivity index (χ0) is 20.3. The Morgan fingerprint density at radius 3 is 2.50 bits per heavy atom. The highest BCUT2D eigenvalue weighted by Crippen LogP contribution is 2.35. The minimum Gasteiger partial charge on any atom is -0.497 e. The van der Waals surface area contributed by atoms with Crippen LogP contribution in [-0.2, 0) is 4.79 Å². The molecule has 0 bridgehead atoms. The van der Waals surface area contributed by atoms with Gasteiger partial charge < -0.3 is 25.4 Å². The van der Waals surface area contributed by atoms with Gasteiger partial charge in [0.1, 0.15) is 17.3 Å². The van der Waals surface area contributed by atoms with Gasteiger partial charge in [-0.3, -0.25) is 4.79 Å². The topological polar surface area (TPSA) is 71.6 Å². The quantitative estimate of drug-likeness (QED) is 0.668. The third-order valence-electron chi connectivity index (χ3n) is 4.36. The SMILES string of the molecule is COc1ccc(OC)c([C@H]2NC(=S)NC(C)=C2C(=O)Nc2ccc(F)cc2)c1. The Kier molecular flexibility index (Phi) is 5.79. The first-order chi connectivity index (χ1) is 13.4. The van der Waals surface area contributed by atoms with Gasteiger partial charge >= 0.3 is 0 Å². The summed E-state index contributed by atoms with van der Waals surface area (Å²) in [7, 11) is 3.12. The van der Waals surface area contributed by atoms with Crippen molar-refractivity contribution >= 4 is 28.9 Å². The van der Waals surface area contributed by atoms with Gasteiger partial charge in [0, 0.05) is 16.9 Å². The number of hydrogen-bond donors (Lipinski definition) is 3. The molecule has 0 spiro atoms. The molecule has 0 aliphatic carbocycles. The molecule has 1 amide bonds. The van der Waals surface area contributed by atoms with Crippen LogP contribution in [0.5, 0.6) is 11.5 Å². The van der Waals surface area contributed by atoms with Gasteiger partial charge in [-0.15, -0.1) is 0 Å². The van der Waals surface area contributed by atoms with Crippen molar-refractivity contribution in [2.24, 2.45) is 0 Å². The van der Waals surface area contributed by atoms with Crippen LogP contribution in [0.15, 0.2) is 53.7 Å². The molecule has 1 heterocycles. The molecule has 146 valence electrons. The largest absolute Gasteiger partial charge is 0.497 e. The van der Waals surface area contributed by atoms with Gasteiger partial charge in [0.15, 0.2) is 5.11 Å². The summed E-state index contributed by atoms with van der Waals surface area (Å²) < 4.78 is 23.9. The Balaban J connectivity index is 2.01. The number of amides is 1. The van der Waals surface area contributed by atoms with E-state index in [4.69, 9.17) is 21.7 Å². The molecule has 0 saturated carbocycles. The summed E-state index contributed by atoms with van der Waals surface area (Å²) in [5, 5.41) is 9.28. The Morgan fingerprint density at radius 2 is 1.86 bits per heavy atom. The van der Waals surface area contributed by atoms with Crippen molar-refractivity contribution in [3.8, 4) is 11.5 Å². The van der Waals surface area contributed by atoms with Gasteiger partial charge in [-0.05, 0) is 61.6 Å². The Bertz CT molecular complexity index is 944. The van der Waals surface area contributed by atoms with Crippen LogP contribution in [0, 0.1) is 5.82 Å². The maximum atomic E-state index is 13.1. The first-order valence-corrected chi connectivity index (χ1v) is 8.91. The third kappa shape index (κ3) is 4.07. The van der Waals surface area contributed by atoms with Crippen molar-refractivity contribution in [3.05, 3.63) is 65.1 Å². The summed E-state index contributed by atoms with van der Waals surface area (Å²) in [6.45, 7) is 1.77. The van der Waals surface area contributed by atoms with Crippen LogP contribution in [-0.4, -0.2) is 25.2 Å². The number of nitrogens with one attached hydrogen (secondary N) is 3. The zero-order valence-electron chi connectivity index (χ0n) is 15.6. The summed E-state index contributed by atoms with van der Waals surface area (Å²) in [6.07, 6.45) is 0. The molecule has 2 aromatic rings. The lowest BCUT2D eigenvalue weighted by Gasteiger charge is -2.31. The minimum atomic E-state index is -0.556. The second-order valence-corrected chi connectivity index (χ2v) is 6.55. The standard InChI is InChI=1S/C20H20FN3O3S/c1-11-17(19(25)23-13-6-4-12(21)5-7-13)18(24-20(28)22-11)15-10-14(26-2)8-9-16(15)27-3/h4-10,18H,1-3H3,(H,23,25)(H2,22,24,28)/t18-/m1/s1. The van der Waals surface area contributed by atoms with Crippen LogP contribution in [0.4, 0.5) is 10.1 Å². The van der Waals surface area contributed by atoms with Crippen molar-refractivity contribution in [1.29, 1.82) is 0 Å². The molecule has 1 atom stereocenters. The monoisotopic (exact) mass is 401 g/mol. The predicted octanol–water partition coefficient (Wildman–Crippen LogP) is 3.27. The number of hydrogen-bond acceptors (Lipinski definition) is 4. The number of benzene rings is 2.